The fourth-order valence-corrected chi connectivity index (χ4v) is 2.99. The van der Waals surface area contributed by atoms with Gasteiger partial charge < -0.3 is 9.67 Å². The maximum Gasteiger partial charge on any atom is 0.129 e. The first-order chi connectivity index (χ1) is 9.92. The number of nitrogens with zero attached hydrogens (tertiary/aromatic N) is 1. The van der Waals surface area contributed by atoms with Gasteiger partial charge in [0, 0.05) is 24.2 Å². The third-order valence-electron chi connectivity index (χ3n) is 3.25. The Hall–Kier alpha value is -1.76. The number of para-hydroxylation sites is 1. The van der Waals surface area contributed by atoms with Crippen LogP contribution < -0.4 is 0 Å². The third kappa shape index (κ3) is 3.87. The van der Waals surface area contributed by atoms with E-state index in [2.05, 4.69) is 60.5 Å². The lowest BCUT2D eigenvalue weighted by atomic mass is 10.2. The summed E-state index contributed by atoms with van der Waals surface area (Å²) in [5, 5.41) is 11.6. The molecule has 0 amide bonds. The van der Waals surface area contributed by atoms with E-state index in [1.807, 2.05) is 18.2 Å². The number of hydrogen-bond acceptors (Lipinski definition) is 1. The molecule has 1 atom stereocenters. The van der Waals surface area contributed by atoms with Gasteiger partial charge in [0.25, 0.3) is 0 Å². The van der Waals surface area contributed by atoms with Gasteiger partial charge in [-0.1, -0.05) is 43.9 Å². The van der Waals surface area contributed by atoms with Gasteiger partial charge in [-0.15, -0.1) is 18.0 Å². The van der Waals surface area contributed by atoms with Crippen LogP contribution in [0, 0.1) is 11.5 Å². The summed E-state index contributed by atoms with van der Waals surface area (Å²) in [6.45, 7) is 11.1. The van der Waals surface area contributed by atoms with Gasteiger partial charge in [-0.05, 0) is 17.5 Å². The molecule has 0 fully saturated rings. The van der Waals surface area contributed by atoms with Crippen LogP contribution in [0.5, 0.6) is 0 Å². The molecule has 1 heterocycles. The van der Waals surface area contributed by atoms with Crippen LogP contribution >= 0.6 is 0 Å². The van der Waals surface area contributed by atoms with E-state index >= 15 is 0 Å². The van der Waals surface area contributed by atoms with E-state index in [9.17, 15) is 5.11 Å². The average Bonchev–Trinajstić information content (AvgIpc) is 2.77. The van der Waals surface area contributed by atoms with Crippen LogP contribution in [-0.2, 0) is 6.54 Å². The van der Waals surface area contributed by atoms with Crippen molar-refractivity contribution >= 4 is 19.0 Å². The molecule has 0 aliphatic carbocycles. The van der Waals surface area contributed by atoms with Gasteiger partial charge in [0.15, 0.2) is 0 Å². The first-order valence-corrected chi connectivity index (χ1v) is 10.8. The van der Waals surface area contributed by atoms with Gasteiger partial charge in [0.05, 0.1) is 0 Å². The Morgan fingerprint density at radius 2 is 2.05 bits per heavy atom. The maximum atomic E-state index is 10.5. The predicted octanol–water partition coefficient (Wildman–Crippen LogP) is 4.13. The normalized spacial score (nSPS) is 12.8. The van der Waals surface area contributed by atoms with E-state index in [1.54, 1.807) is 0 Å². The van der Waals surface area contributed by atoms with Crippen LogP contribution in [-0.4, -0.2) is 17.7 Å². The Labute approximate surface area is 128 Å². The summed E-state index contributed by atoms with van der Waals surface area (Å²) in [7, 11) is -1.38. The molecule has 1 aromatic heterocycles. The topological polar surface area (TPSA) is 25.2 Å². The number of allylic oxidation sites excluding steroid dienone is 1. The zero-order chi connectivity index (χ0) is 15.5. The van der Waals surface area contributed by atoms with Gasteiger partial charge >= 0.3 is 0 Å². The Bertz CT molecular complexity index is 697. The number of benzene rings is 1. The minimum absolute atomic E-state index is 0.484. The smallest absolute Gasteiger partial charge is 0.129 e. The number of aromatic nitrogens is 1. The van der Waals surface area contributed by atoms with Gasteiger partial charge in [-0.25, -0.2) is 0 Å². The van der Waals surface area contributed by atoms with Gasteiger partial charge in [-0.2, -0.15) is 0 Å². The first kappa shape index (κ1) is 15.6. The highest BCUT2D eigenvalue weighted by atomic mass is 28.3. The minimum Gasteiger partial charge on any atom is -0.386 e. The first-order valence-electron chi connectivity index (χ1n) is 7.29. The lowest BCUT2D eigenvalue weighted by Crippen LogP contribution is -2.16. The highest BCUT2D eigenvalue weighted by Gasteiger charge is 2.15. The quantitative estimate of drug-likeness (QED) is 0.512. The summed E-state index contributed by atoms with van der Waals surface area (Å²) in [4.78, 5) is 0. The molecule has 0 saturated carbocycles. The van der Waals surface area contributed by atoms with Crippen LogP contribution in [0.3, 0.4) is 0 Å². The van der Waals surface area contributed by atoms with Crippen molar-refractivity contribution in [3.8, 4) is 11.5 Å². The summed E-state index contributed by atoms with van der Waals surface area (Å²) >= 11 is 0. The zero-order valence-corrected chi connectivity index (χ0v) is 14.1. The van der Waals surface area contributed by atoms with Crippen LogP contribution in [0.4, 0.5) is 0 Å². The molecule has 1 aromatic carbocycles. The van der Waals surface area contributed by atoms with E-state index in [0.717, 1.165) is 16.6 Å². The number of aliphatic hydroxyl groups excluding tert-OH is 1. The Balaban J connectivity index is 2.33. The van der Waals surface area contributed by atoms with Crippen molar-refractivity contribution in [3.05, 3.63) is 48.7 Å². The third-order valence-corrected chi connectivity index (χ3v) is 4.18. The van der Waals surface area contributed by atoms with Gasteiger partial charge in [0.1, 0.15) is 14.2 Å². The second-order valence-electron chi connectivity index (χ2n) is 6.30. The van der Waals surface area contributed by atoms with Crippen molar-refractivity contribution in [2.24, 2.45) is 0 Å². The number of aliphatic hydroxyl groups is 1. The van der Waals surface area contributed by atoms with Crippen LogP contribution in [0.25, 0.3) is 10.9 Å². The van der Waals surface area contributed by atoms with E-state index in [0.29, 0.717) is 13.0 Å². The summed E-state index contributed by atoms with van der Waals surface area (Å²) in [6.07, 6.45) is 1.79. The summed E-state index contributed by atoms with van der Waals surface area (Å²) in [5.74, 6) is 3.16. The van der Waals surface area contributed by atoms with E-state index in [1.165, 1.54) is 0 Å². The highest BCUT2D eigenvalue weighted by Crippen LogP contribution is 2.26. The van der Waals surface area contributed by atoms with Crippen molar-refractivity contribution in [1.82, 2.24) is 4.57 Å². The Morgan fingerprint density at radius 3 is 2.71 bits per heavy atom. The highest BCUT2D eigenvalue weighted by molar-refractivity contribution is 6.83. The van der Waals surface area contributed by atoms with Crippen molar-refractivity contribution < 1.29 is 5.11 Å². The molecule has 1 unspecified atom stereocenters. The van der Waals surface area contributed by atoms with Crippen molar-refractivity contribution in [2.45, 2.75) is 38.7 Å². The van der Waals surface area contributed by atoms with E-state index in [-0.39, 0.29) is 0 Å². The number of fused-ring (bicyclic) bond motifs is 1. The maximum absolute atomic E-state index is 10.5. The molecule has 0 saturated heterocycles. The van der Waals surface area contributed by atoms with Crippen molar-refractivity contribution in [3.63, 3.8) is 0 Å². The molecule has 2 rings (SSSR count). The monoisotopic (exact) mass is 297 g/mol. The molecule has 3 heteroatoms. The molecule has 2 nitrogen and oxygen atoms in total. The standard InChI is InChI=1S/C18H23NOSi/c1-5-12-19-16-10-7-6-9-15(16)14-17(19)18(20)11-8-13-21(2,3)4/h5-7,9-10,14,18,20H,1,11-12H2,2-4H3. The van der Waals surface area contributed by atoms with E-state index < -0.39 is 14.2 Å². The molecule has 0 radical (unpaired) electrons. The van der Waals surface area contributed by atoms with Gasteiger partial charge in [0.2, 0.25) is 0 Å². The fraction of sp³-hybridized carbons (Fsp3) is 0.333. The molecule has 2 aromatic rings. The zero-order valence-electron chi connectivity index (χ0n) is 13.1. The second-order valence-corrected chi connectivity index (χ2v) is 11.0. The molecule has 0 aliphatic heterocycles. The van der Waals surface area contributed by atoms with Crippen LogP contribution in [0.2, 0.25) is 19.6 Å². The predicted molar refractivity (Wildman–Crippen MR) is 92.8 cm³/mol. The molecule has 0 spiro atoms. The summed E-state index contributed by atoms with van der Waals surface area (Å²) in [5.41, 5.74) is 5.35. The van der Waals surface area contributed by atoms with Gasteiger partial charge in [-0.3, -0.25) is 0 Å². The summed E-state index contributed by atoms with van der Waals surface area (Å²) < 4.78 is 2.11. The van der Waals surface area contributed by atoms with E-state index in [4.69, 9.17) is 0 Å². The Kier molecular flexibility index (Phi) is 4.72. The molecule has 1 N–H and O–H groups in total. The number of hydrogen-bond donors (Lipinski definition) is 1. The molecule has 21 heavy (non-hydrogen) atoms. The van der Waals surface area contributed by atoms with Crippen molar-refractivity contribution in [1.29, 1.82) is 0 Å². The molecular weight excluding hydrogens is 274 g/mol. The van der Waals surface area contributed by atoms with Crippen molar-refractivity contribution in [2.75, 3.05) is 0 Å². The lowest BCUT2D eigenvalue weighted by Gasteiger charge is -2.12. The van der Waals surface area contributed by atoms with Crippen LogP contribution in [0.15, 0.2) is 43.0 Å². The lowest BCUT2D eigenvalue weighted by molar-refractivity contribution is 0.175. The average molecular weight is 297 g/mol. The van der Waals surface area contributed by atoms with Crippen LogP contribution in [0.1, 0.15) is 18.2 Å². The fourth-order valence-electron chi connectivity index (χ4n) is 2.36. The second kappa shape index (κ2) is 6.34. The molecule has 0 aliphatic rings. The largest absolute Gasteiger partial charge is 0.386 e. The number of rotatable bonds is 4. The SMILES string of the molecule is C=CCn1c(C(O)CC#C[Si](C)(C)C)cc2ccccc21. The minimum atomic E-state index is -1.38. The summed E-state index contributed by atoms with van der Waals surface area (Å²) in [6, 6.07) is 10.2. The Morgan fingerprint density at radius 1 is 1.33 bits per heavy atom. The molecule has 110 valence electrons. The molecular formula is C18H23NOSi. The molecule has 0 bridgehead atoms.